The Morgan fingerprint density at radius 3 is 2.77 bits per heavy atom. The van der Waals surface area contributed by atoms with Gasteiger partial charge in [0.15, 0.2) is 23.0 Å². The number of carbonyl (C=O) groups excluding carboxylic acids is 1. The molecule has 3 aromatic rings. The van der Waals surface area contributed by atoms with Crippen molar-refractivity contribution in [1.29, 1.82) is 0 Å². The standard InChI is InChI=1S/C22H22N2O5S/c1-14(15-3-5-19-21(9-15)28-8-7-27-19)24-22(25)16-4-6-18(20(10-16)26-2)29-11-17-12-30-13-23-17/h3-6,9-10,12-14H,7-8,11H2,1-2H3,(H,24,25). The summed E-state index contributed by atoms with van der Waals surface area (Å²) in [4.78, 5) is 17.0. The zero-order chi connectivity index (χ0) is 20.9. The van der Waals surface area contributed by atoms with E-state index in [1.54, 1.807) is 30.8 Å². The van der Waals surface area contributed by atoms with Gasteiger partial charge in [0.2, 0.25) is 0 Å². The maximum atomic E-state index is 12.8. The summed E-state index contributed by atoms with van der Waals surface area (Å²) in [6.07, 6.45) is 0. The van der Waals surface area contributed by atoms with Gasteiger partial charge in [-0.05, 0) is 42.8 Å². The molecule has 1 N–H and O–H groups in total. The maximum Gasteiger partial charge on any atom is 0.251 e. The molecule has 1 amide bonds. The van der Waals surface area contributed by atoms with Crippen LogP contribution in [0, 0.1) is 0 Å². The normalized spacial score (nSPS) is 13.4. The van der Waals surface area contributed by atoms with Crippen LogP contribution in [0.4, 0.5) is 0 Å². The van der Waals surface area contributed by atoms with Crippen LogP contribution >= 0.6 is 11.3 Å². The minimum absolute atomic E-state index is 0.207. The van der Waals surface area contributed by atoms with Crippen LogP contribution in [0.25, 0.3) is 0 Å². The van der Waals surface area contributed by atoms with Crippen LogP contribution in [-0.4, -0.2) is 31.2 Å². The van der Waals surface area contributed by atoms with E-state index in [0.29, 0.717) is 42.6 Å². The molecule has 0 bridgehead atoms. The first kappa shape index (κ1) is 20.0. The lowest BCUT2D eigenvalue weighted by Gasteiger charge is -2.21. The molecular weight excluding hydrogens is 404 g/mol. The van der Waals surface area contributed by atoms with Crippen molar-refractivity contribution in [3.8, 4) is 23.0 Å². The molecule has 0 saturated heterocycles. The van der Waals surface area contributed by atoms with E-state index in [4.69, 9.17) is 18.9 Å². The van der Waals surface area contributed by atoms with E-state index in [1.807, 2.05) is 30.5 Å². The SMILES string of the molecule is COc1cc(C(=O)NC(C)c2ccc3c(c2)OCCO3)ccc1OCc1cscn1. The van der Waals surface area contributed by atoms with Gasteiger partial charge in [-0.25, -0.2) is 4.98 Å². The molecule has 0 saturated carbocycles. The molecule has 0 aliphatic carbocycles. The summed E-state index contributed by atoms with van der Waals surface area (Å²) in [7, 11) is 1.55. The number of hydrogen-bond acceptors (Lipinski definition) is 7. The Kier molecular flexibility index (Phi) is 6.04. The van der Waals surface area contributed by atoms with Gasteiger partial charge in [-0.3, -0.25) is 4.79 Å². The molecular formula is C22H22N2O5S. The minimum atomic E-state index is -0.208. The quantitative estimate of drug-likeness (QED) is 0.615. The number of rotatable bonds is 7. The number of ether oxygens (including phenoxy) is 4. The van der Waals surface area contributed by atoms with Gasteiger partial charge >= 0.3 is 0 Å². The number of benzene rings is 2. The molecule has 8 heteroatoms. The molecule has 1 aromatic heterocycles. The van der Waals surface area contributed by atoms with Crippen LogP contribution in [0.3, 0.4) is 0 Å². The van der Waals surface area contributed by atoms with Gasteiger partial charge in [-0.1, -0.05) is 6.07 Å². The number of methoxy groups -OCH3 is 1. The smallest absolute Gasteiger partial charge is 0.251 e. The topological polar surface area (TPSA) is 78.9 Å². The van der Waals surface area contributed by atoms with Crippen molar-refractivity contribution in [2.24, 2.45) is 0 Å². The van der Waals surface area contributed by atoms with Gasteiger partial charge < -0.3 is 24.3 Å². The number of nitrogens with one attached hydrogen (secondary N) is 1. The fourth-order valence-electron chi connectivity index (χ4n) is 3.08. The van der Waals surface area contributed by atoms with Gasteiger partial charge in [-0.15, -0.1) is 11.3 Å². The maximum absolute atomic E-state index is 12.8. The third-order valence-electron chi connectivity index (χ3n) is 4.70. The molecule has 1 aliphatic heterocycles. The van der Waals surface area contributed by atoms with Crippen molar-refractivity contribution in [2.45, 2.75) is 19.6 Å². The fraction of sp³-hybridized carbons (Fsp3) is 0.273. The van der Waals surface area contributed by atoms with Crippen molar-refractivity contribution in [3.05, 3.63) is 64.1 Å². The average molecular weight is 426 g/mol. The number of fused-ring (bicyclic) bond motifs is 1. The van der Waals surface area contributed by atoms with Crippen LogP contribution in [0.2, 0.25) is 0 Å². The summed E-state index contributed by atoms with van der Waals surface area (Å²) in [5.41, 5.74) is 4.02. The van der Waals surface area contributed by atoms with Crippen molar-refractivity contribution in [1.82, 2.24) is 10.3 Å². The first-order chi connectivity index (χ1) is 14.6. The zero-order valence-corrected chi connectivity index (χ0v) is 17.5. The molecule has 156 valence electrons. The summed E-state index contributed by atoms with van der Waals surface area (Å²) < 4.78 is 22.3. The monoisotopic (exact) mass is 426 g/mol. The molecule has 1 atom stereocenters. The van der Waals surface area contributed by atoms with E-state index in [-0.39, 0.29) is 11.9 Å². The van der Waals surface area contributed by atoms with E-state index in [0.717, 1.165) is 17.0 Å². The van der Waals surface area contributed by atoms with Gasteiger partial charge in [0, 0.05) is 10.9 Å². The highest BCUT2D eigenvalue weighted by molar-refractivity contribution is 7.07. The number of amides is 1. The highest BCUT2D eigenvalue weighted by Crippen LogP contribution is 2.33. The van der Waals surface area contributed by atoms with E-state index < -0.39 is 0 Å². The first-order valence-electron chi connectivity index (χ1n) is 9.52. The third kappa shape index (κ3) is 4.49. The summed E-state index contributed by atoms with van der Waals surface area (Å²) in [6, 6.07) is 10.6. The van der Waals surface area contributed by atoms with E-state index in [9.17, 15) is 4.79 Å². The van der Waals surface area contributed by atoms with Crippen molar-refractivity contribution in [3.63, 3.8) is 0 Å². The summed E-state index contributed by atoms with van der Waals surface area (Å²) >= 11 is 1.51. The summed E-state index contributed by atoms with van der Waals surface area (Å²) in [5, 5.41) is 4.93. The van der Waals surface area contributed by atoms with Crippen LogP contribution in [0.15, 0.2) is 47.3 Å². The van der Waals surface area contributed by atoms with Gasteiger partial charge in [0.25, 0.3) is 5.91 Å². The molecule has 2 aromatic carbocycles. The van der Waals surface area contributed by atoms with E-state index >= 15 is 0 Å². The lowest BCUT2D eigenvalue weighted by Crippen LogP contribution is -2.27. The molecule has 0 fully saturated rings. The minimum Gasteiger partial charge on any atom is -0.493 e. The molecule has 0 spiro atoms. The first-order valence-corrected chi connectivity index (χ1v) is 10.5. The molecule has 2 heterocycles. The molecule has 1 unspecified atom stereocenters. The number of aromatic nitrogens is 1. The molecule has 0 radical (unpaired) electrons. The summed E-state index contributed by atoms with van der Waals surface area (Å²) in [5.74, 6) is 2.26. The molecule has 7 nitrogen and oxygen atoms in total. The second-order valence-corrected chi connectivity index (χ2v) is 7.45. The second-order valence-electron chi connectivity index (χ2n) is 6.73. The van der Waals surface area contributed by atoms with Crippen LogP contribution in [0.5, 0.6) is 23.0 Å². The largest absolute Gasteiger partial charge is 0.493 e. The zero-order valence-electron chi connectivity index (χ0n) is 16.7. The van der Waals surface area contributed by atoms with Crippen molar-refractivity contribution >= 4 is 17.2 Å². The van der Waals surface area contributed by atoms with Crippen LogP contribution < -0.4 is 24.3 Å². The van der Waals surface area contributed by atoms with Crippen LogP contribution in [0.1, 0.15) is 34.6 Å². The van der Waals surface area contributed by atoms with Crippen LogP contribution in [-0.2, 0) is 6.61 Å². The second kappa shape index (κ2) is 9.04. The Hall–Kier alpha value is -3.26. The third-order valence-corrected chi connectivity index (χ3v) is 5.33. The van der Waals surface area contributed by atoms with Gasteiger partial charge in [-0.2, -0.15) is 0 Å². The lowest BCUT2D eigenvalue weighted by molar-refractivity contribution is 0.0939. The highest BCUT2D eigenvalue weighted by Gasteiger charge is 2.18. The Labute approximate surface area is 178 Å². The Balaban J connectivity index is 1.43. The molecule has 1 aliphatic rings. The van der Waals surface area contributed by atoms with E-state index in [2.05, 4.69) is 10.3 Å². The van der Waals surface area contributed by atoms with Crippen molar-refractivity contribution in [2.75, 3.05) is 20.3 Å². The van der Waals surface area contributed by atoms with Gasteiger partial charge in [0.1, 0.15) is 19.8 Å². The van der Waals surface area contributed by atoms with Crippen molar-refractivity contribution < 1.29 is 23.7 Å². The predicted octanol–water partition coefficient (Wildman–Crippen LogP) is 3.99. The van der Waals surface area contributed by atoms with E-state index in [1.165, 1.54) is 11.3 Å². The number of hydrogen-bond donors (Lipinski definition) is 1. The highest BCUT2D eigenvalue weighted by atomic mass is 32.1. The average Bonchev–Trinajstić information content (AvgIpc) is 3.30. The molecule has 4 rings (SSSR count). The Morgan fingerprint density at radius 2 is 2.00 bits per heavy atom. The number of carbonyl (C=O) groups is 1. The predicted molar refractivity (Wildman–Crippen MR) is 113 cm³/mol. The fourth-order valence-corrected chi connectivity index (χ4v) is 3.62. The Morgan fingerprint density at radius 1 is 1.17 bits per heavy atom. The lowest BCUT2D eigenvalue weighted by atomic mass is 10.1. The Bertz CT molecular complexity index is 1020. The molecule has 30 heavy (non-hydrogen) atoms. The van der Waals surface area contributed by atoms with Gasteiger partial charge in [0.05, 0.1) is 24.4 Å². The number of thiazole rings is 1. The summed E-state index contributed by atoms with van der Waals surface area (Å²) in [6.45, 7) is 3.33. The number of nitrogens with zero attached hydrogens (tertiary/aromatic N) is 1.